The molecular formula is C7H11F3N2O4S. The van der Waals surface area contributed by atoms with Gasteiger partial charge >= 0.3 is 21.6 Å². The first-order chi connectivity index (χ1) is 7.35. The summed E-state index contributed by atoms with van der Waals surface area (Å²) in [6.45, 7) is 4.57. The molecule has 0 aromatic heterocycles. The molecule has 100 valence electrons. The van der Waals surface area contributed by atoms with Crippen LogP contribution in [0, 0.1) is 0 Å². The summed E-state index contributed by atoms with van der Waals surface area (Å²) in [5.41, 5.74) is -6.36. The Bertz CT molecular complexity index is 408. The van der Waals surface area contributed by atoms with Crippen molar-refractivity contribution in [1.29, 1.82) is 0 Å². The lowest BCUT2D eigenvalue weighted by Crippen LogP contribution is -2.32. The number of nitrogens with one attached hydrogen (secondary N) is 1. The third kappa shape index (κ3) is 6.09. The van der Waals surface area contributed by atoms with Gasteiger partial charge in [-0.25, -0.2) is 4.79 Å². The molecule has 0 aromatic carbocycles. The Hall–Kier alpha value is -1.32. The molecule has 0 saturated carbocycles. The van der Waals surface area contributed by atoms with E-state index in [-0.39, 0.29) is 6.34 Å². The fraction of sp³-hybridized carbons (Fsp3) is 0.714. The van der Waals surface area contributed by atoms with Crippen LogP contribution in [-0.4, -0.2) is 32.0 Å². The lowest BCUT2D eigenvalue weighted by molar-refractivity contribution is -0.0435. The van der Waals surface area contributed by atoms with Crippen LogP contribution in [0.15, 0.2) is 4.40 Å². The normalized spacial score (nSPS) is 13.8. The second-order valence-corrected chi connectivity index (χ2v) is 5.43. The van der Waals surface area contributed by atoms with Crippen LogP contribution in [0.1, 0.15) is 20.8 Å². The molecule has 10 heteroatoms. The van der Waals surface area contributed by atoms with Gasteiger partial charge < -0.3 is 4.74 Å². The Labute approximate surface area is 95.9 Å². The number of rotatable bonds is 2. The minimum Gasteiger partial charge on any atom is -0.444 e. The molecule has 0 aliphatic heterocycles. The SMILES string of the molecule is CC(C)(C)OC(=O)NC=NS(=O)(=O)C(F)(F)F. The maximum Gasteiger partial charge on any atom is 0.518 e. The number of sulfonamides is 1. The molecule has 17 heavy (non-hydrogen) atoms. The van der Waals surface area contributed by atoms with E-state index in [4.69, 9.17) is 0 Å². The van der Waals surface area contributed by atoms with E-state index in [1.165, 1.54) is 20.8 Å². The second-order valence-electron chi connectivity index (χ2n) is 3.80. The highest BCUT2D eigenvalue weighted by Gasteiger charge is 2.45. The first kappa shape index (κ1) is 15.7. The van der Waals surface area contributed by atoms with Crippen LogP contribution in [0.4, 0.5) is 18.0 Å². The summed E-state index contributed by atoms with van der Waals surface area (Å²) in [5.74, 6) is 0. The summed E-state index contributed by atoms with van der Waals surface area (Å²) in [6.07, 6.45) is -1.00. The molecule has 0 spiro atoms. The van der Waals surface area contributed by atoms with Crippen molar-refractivity contribution in [1.82, 2.24) is 5.32 Å². The largest absolute Gasteiger partial charge is 0.518 e. The predicted molar refractivity (Wildman–Crippen MR) is 52.8 cm³/mol. The van der Waals surface area contributed by atoms with Crippen molar-refractivity contribution in [2.75, 3.05) is 0 Å². The molecule has 0 heterocycles. The maximum atomic E-state index is 11.8. The topological polar surface area (TPSA) is 84.8 Å². The minimum atomic E-state index is -5.64. The van der Waals surface area contributed by atoms with E-state index in [9.17, 15) is 26.4 Å². The van der Waals surface area contributed by atoms with Crippen molar-refractivity contribution < 1.29 is 31.1 Å². The summed E-state index contributed by atoms with van der Waals surface area (Å²) in [4.78, 5) is 10.9. The van der Waals surface area contributed by atoms with E-state index < -0.39 is 27.2 Å². The highest BCUT2D eigenvalue weighted by Crippen LogP contribution is 2.23. The smallest absolute Gasteiger partial charge is 0.444 e. The lowest BCUT2D eigenvalue weighted by atomic mass is 10.2. The second kappa shape index (κ2) is 4.90. The van der Waals surface area contributed by atoms with Gasteiger partial charge in [0.2, 0.25) is 0 Å². The number of alkyl halides is 3. The highest BCUT2D eigenvalue weighted by molar-refractivity contribution is 7.91. The number of alkyl carbamates (subject to hydrolysis) is 1. The molecule has 6 nitrogen and oxygen atoms in total. The average Bonchev–Trinajstić information content (AvgIpc) is 1.97. The highest BCUT2D eigenvalue weighted by atomic mass is 32.2. The first-order valence-electron chi connectivity index (χ1n) is 4.20. The minimum absolute atomic E-state index is 0.108. The van der Waals surface area contributed by atoms with Crippen molar-refractivity contribution in [3.05, 3.63) is 0 Å². The molecule has 0 aliphatic rings. The third-order valence-electron chi connectivity index (χ3n) is 1.07. The van der Waals surface area contributed by atoms with E-state index in [1.54, 1.807) is 5.32 Å². The zero-order valence-corrected chi connectivity index (χ0v) is 10.0. The van der Waals surface area contributed by atoms with Crippen molar-refractivity contribution in [2.45, 2.75) is 31.9 Å². The molecule has 0 radical (unpaired) electrons. The number of carbonyl (C=O) groups is 1. The summed E-state index contributed by atoms with van der Waals surface area (Å²) >= 11 is 0. The number of hydrogen-bond acceptors (Lipinski definition) is 4. The van der Waals surface area contributed by atoms with E-state index in [0.29, 0.717) is 0 Å². The van der Waals surface area contributed by atoms with Crippen LogP contribution in [-0.2, 0) is 14.8 Å². The molecule has 0 aromatic rings. The Kier molecular flexibility index (Phi) is 4.52. The molecule has 0 saturated heterocycles. The number of nitrogens with zero attached hydrogens (tertiary/aromatic N) is 1. The van der Waals surface area contributed by atoms with Crippen LogP contribution in [0.3, 0.4) is 0 Å². The first-order valence-corrected chi connectivity index (χ1v) is 5.64. The Morgan fingerprint density at radius 2 is 1.76 bits per heavy atom. The average molecular weight is 276 g/mol. The predicted octanol–water partition coefficient (Wildman–Crippen LogP) is 1.39. The van der Waals surface area contributed by atoms with Gasteiger partial charge in [-0.1, -0.05) is 0 Å². The van der Waals surface area contributed by atoms with Gasteiger partial charge in [-0.2, -0.15) is 21.6 Å². The molecule has 1 amide bonds. The van der Waals surface area contributed by atoms with E-state index in [2.05, 4.69) is 9.13 Å². The molecular weight excluding hydrogens is 265 g/mol. The Morgan fingerprint density at radius 1 is 1.29 bits per heavy atom. The van der Waals surface area contributed by atoms with E-state index in [0.717, 1.165) is 0 Å². The lowest BCUT2D eigenvalue weighted by Gasteiger charge is -2.18. The third-order valence-corrected chi connectivity index (χ3v) is 2.03. The van der Waals surface area contributed by atoms with E-state index in [1.807, 2.05) is 0 Å². The van der Waals surface area contributed by atoms with Crippen molar-refractivity contribution >= 4 is 22.5 Å². The van der Waals surface area contributed by atoms with Gasteiger partial charge in [0.05, 0.1) is 0 Å². The molecule has 0 unspecified atom stereocenters. The summed E-state index contributed by atoms with van der Waals surface area (Å²) in [7, 11) is -5.64. The standard InChI is InChI=1S/C7H11F3N2O4S/c1-6(2,3)16-5(13)11-4-12-17(14,15)7(8,9)10/h4H,1-3H3,(H,11,12,13). The fourth-order valence-corrected chi connectivity index (χ4v) is 0.827. The van der Waals surface area contributed by atoms with Crippen molar-refractivity contribution in [3.63, 3.8) is 0 Å². The van der Waals surface area contributed by atoms with Gasteiger partial charge in [0, 0.05) is 0 Å². The zero-order chi connectivity index (χ0) is 13.9. The van der Waals surface area contributed by atoms with Crippen LogP contribution < -0.4 is 5.32 Å². The monoisotopic (exact) mass is 276 g/mol. The van der Waals surface area contributed by atoms with Gasteiger partial charge in [0.25, 0.3) is 0 Å². The van der Waals surface area contributed by atoms with Gasteiger partial charge in [0.1, 0.15) is 11.9 Å². The maximum absolute atomic E-state index is 11.8. The molecule has 1 N–H and O–H groups in total. The number of amides is 1. The van der Waals surface area contributed by atoms with Crippen LogP contribution in [0.2, 0.25) is 0 Å². The zero-order valence-electron chi connectivity index (χ0n) is 9.20. The van der Waals surface area contributed by atoms with Gasteiger partial charge in [-0.15, -0.1) is 4.40 Å². The summed E-state index contributed by atoms with van der Waals surface area (Å²) in [5, 5.41) is 1.64. The van der Waals surface area contributed by atoms with Crippen molar-refractivity contribution in [2.24, 2.45) is 4.40 Å². The Morgan fingerprint density at radius 3 is 2.12 bits per heavy atom. The van der Waals surface area contributed by atoms with Crippen LogP contribution in [0.25, 0.3) is 0 Å². The number of halogens is 3. The Balaban J connectivity index is 4.46. The number of hydrogen-bond donors (Lipinski definition) is 1. The summed E-state index contributed by atoms with van der Waals surface area (Å²) in [6, 6.07) is 0. The van der Waals surface area contributed by atoms with Gasteiger partial charge in [0.15, 0.2) is 0 Å². The molecule has 0 bridgehead atoms. The fourth-order valence-electron chi connectivity index (χ4n) is 0.516. The number of ether oxygens (including phenoxy) is 1. The van der Waals surface area contributed by atoms with Crippen LogP contribution in [0.5, 0.6) is 0 Å². The van der Waals surface area contributed by atoms with Crippen LogP contribution >= 0.6 is 0 Å². The quantitative estimate of drug-likeness (QED) is 0.610. The van der Waals surface area contributed by atoms with Crippen molar-refractivity contribution in [3.8, 4) is 0 Å². The summed E-state index contributed by atoms with van der Waals surface area (Å²) < 4.78 is 63.0. The molecule has 0 atom stereocenters. The van der Waals surface area contributed by atoms with Gasteiger partial charge in [-0.05, 0) is 20.8 Å². The molecule has 0 rings (SSSR count). The molecule has 0 aliphatic carbocycles. The molecule has 0 fully saturated rings. The van der Waals surface area contributed by atoms with E-state index >= 15 is 0 Å². The number of carbonyl (C=O) groups excluding carboxylic acids is 1. The van der Waals surface area contributed by atoms with Gasteiger partial charge in [-0.3, -0.25) is 5.32 Å².